The molecule has 1 aromatic heterocycles. The molecule has 30 heavy (non-hydrogen) atoms. The summed E-state index contributed by atoms with van der Waals surface area (Å²) in [6, 6.07) is 21.4. The molecular weight excluding hydrogens is 377 g/mol. The van der Waals surface area contributed by atoms with Crippen LogP contribution in [-0.2, 0) is 11.2 Å². The number of likely N-dealkylation sites (N-methyl/N-ethyl adjacent to an activating group) is 1. The van der Waals surface area contributed by atoms with Crippen molar-refractivity contribution in [1.29, 1.82) is 0 Å². The largest absolute Gasteiger partial charge is 0.361 e. The number of nitrogens with one attached hydrogen (secondary N) is 1. The third-order valence-corrected chi connectivity index (χ3v) is 5.64. The number of nitrogens with zero attached hydrogens (tertiary/aromatic N) is 2. The average molecular weight is 397 g/mol. The number of benzodiazepines with no additional fused rings is 1. The lowest BCUT2D eigenvalue weighted by Gasteiger charge is -2.20. The number of para-hydroxylation sites is 2. The summed E-state index contributed by atoms with van der Waals surface area (Å²) < 4.78 is 14.7. The van der Waals surface area contributed by atoms with E-state index < -0.39 is 6.04 Å². The molecule has 2 heterocycles. The molecule has 4 nitrogen and oxygen atoms in total. The summed E-state index contributed by atoms with van der Waals surface area (Å²) in [4.78, 5) is 23.1. The second kappa shape index (κ2) is 7.26. The van der Waals surface area contributed by atoms with Gasteiger partial charge in [0.05, 0.1) is 11.4 Å². The Morgan fingerprint density at radius 3 is 2.50 bits per heavy atom. The molecule has 0 aliphatic carbocycles. The van der Waals surface area contributed by atoms with Crippen LogP contribution in [0.1, 0.15) is 16.7 Å². The quantitative estimate of drug-likeness (QED) is 0.534. The molecule has 0 saturated heterocycles. The minimum Gasteiger partial charge on any atom is -0.361 e. The molecule has 1 atom stereocenters. The van der Waals surface area contributed by atoms with E-state index in [1.54, 1.807) is 30.1 Å². The number of halogens is 1. The lowest BCUT2D eigenvalue weighted by molar-refractivity contribution is -0.119. The number of aromatic amines is 1. The van der Waals surface area contributed by atoms with Crippen LogP contribution in [0.15, 0.2) is 84.0 Å². The van der Waals surface area contributed by atoms with Gasteiger partial charge in [-0.15, -0.1) is 0 Å². The number of amides is 1. The van der Waals surface area contributed by atoms with E-state index in [1.165, 1.54) is 6.07 Å². The van der Waals surface area contributed by atoms with E-state index in [-0.39, 0.29) is 11.7 Å². The van der Waals surface area contributed by atoms with Crippen molar-refractivity contribution in [3.05, 3.63) is 102 Å². The van der Waals surface area contributed by atoms with Crippen molar-refractivity contribution in [2.24, 2.45) is 4.99 Å². The zero-order valence-corrected chi connectivity index (χ0v) is 16.5. The molecule has 3 aromatic carbocycles. The fraction of sp³-hybridized carbons (Fsp3) is 0.120. The summed E-state index contributed by atoms with van der Waals surface area (Å²) in [6.45, 7) is 0. The van der Waals surface area contributed by atoms with Gasteiger partial charge in [0.1, 0.15) is 11.9 Å². The third kappa shape index (κ3) is 2.99. The first-order chi connectivity index (χ1) is 14.6. The number of carbonyl (C=O) groups excluding carboxylic acids is 1. The number of aliphatic imine (C=N–C) groups is 1. The Balaban J connectivity index is 1.67. The van der Waals surface area contributed by atoms with Crippen LogP contribution in [0.25, 0.3) is 10.9 Å². The Kier molecular flexibility index (Phi) is 4.43. The zero-order chi connectivity index (χ0) is 20.7. The maximum absolute atomic E-state index is 14.7. The van der Waals surface area contributed by atoms with Crippen molar-refractivity contribution in [2.75, 3.05) is 11.9 Å². The van der Waals surface area contributed by atoms with Gasteiger partial charge < -0.3 is 9.88 Å². The van der Waals surface area contributed by atoms with Crippen molar-refractivity contribution in [3.8, 4) is 0 Å². The topological polar surface area (TPSA) is 48.5 Å². The summed E-state index contributed by atoms with van der Waals surface area (Å²) >= 11 is 0. The molecule has 5 rings (SSSR count). The Morgan fingerprint density at radius 2 is 1.67 bits per heavy atom. The van der Waals surface area contributed by atoms with Crippen LogP contribution < -0.4 is 4.90 Å². The van der Waals surface area contributed by atoms with Gasteiger partial charge in [-0.25, -0.2) is 4.39 Å². The van der Waals surface area contributed by atoms with Crippen molar-refractivity contribution in [2.45, 2.75) is 12.5 Å². The Morgan fingerprint density at radius 1 is 0.967 bits per heavy atom. The molecular formula is C25H20FN3O. The Bertz CT molecular complexity index is 1290. The van der Waals surface area contributed by atoms with Crippen LogP contribution in [0.4, 0.5) is 10.1 Å². The van der Waals surface area contributed by atoms with Gasteiger partial charge in [0.2, 0.25) is 0 Å². The number of benzene rings is 3. The SMILES string of the molecule is CN1C(=O)C(Cc2c[nH]c3ccccc23)N=C(c2ccccc2F)c2ccccc21. The van der Waals surface area contributed by atoms with Crippen molar-refractivity contribution < 1.29 is 9.18 Å². The van der Waals surface area contributed by atoms with Gasteiger partial charge >= 0.3 is 0 Å². The summed E-state index contributed by atoms with van der Waals surface area (Å²) in [5, 5.41) is 1.07. The molecule has 1 unspecified atom stereocenters. The molecule has 4 aromatic rings. The van der Waals surface area contributed by atoms with Gasteiger partial charge in [0, 0.05) is 41.7 Å². The summed E-state index contributed by atoms with van der Waals surface area (Å²) in [5.74, 6) is -0.465. The van der Waals surface area contributed by atoms with Gasteiger partial charge in [0.25, 0.3) is 5.91 Å². The van der Waals surface area contributed by atoms with Crippen molar-refractivity contribution in [1.82, 2.24) is 4.98 Å². The van der Waals surface area contributed by atoms with Gasteiger partial charge in [-0.2, -0.15) is 0 Å². The Hall–Kier alpha value is -3.73. The Labute approximate surface area is 173 Å². The van der Waals surface area contributed by atoms with E-state index in [4.69, 9.17) is 4.99 Å². The summed E-state index contributed by atoms with van der Waals surface area (Å²) in [7, 11) is 1.75. The second-order valence-electron chi connectivity index (χ2n) is 7.45. The van der Waals surface area contributed by atoms with E-state index >= 15 is 0 Å². The smallest absolute Gasteiger partial charge is 0.251 e. The van der Waals surface area contributed by atoms with Crippen molar-refractivity contribution >= 4 is 28.2 Å². The third-order valence-electron chi connectivity index (χ3n) is 5.64. The first kappa shape index (κ1) is 18.3. The molecule has 1 N–H and O–H groups in total. The molecule has 1 aliphatic rings. The van der Waals surface area contributed by atoms with E-state index in [9.17, 15) is 9.18 Å². The van der Waals surface area contributed by atoms with E-state index in [1.807, 2.05) is 54.7 Å². The molecule has 0 radical (unpaired) electrons. The highest BCUT2D eigenvalue weighted by molar-refractivity contribution is 6.20. The molecule has 0 fully saturated rings. The molecule has 148 valence electrons. The first-order valence-corrected chi connectivity index (χ1v) is 9.88. The summed E-state index contributed by atoms with van der Waals surface area (Å²) in [6.07, 6.45) is 2.35. The van der Waals surface area contributed by atoms with Crippen LogP contribution >= 0.6 is 0 Å². The monoisotopic (exact) mass is 397 g/mol. The average Bonchev–Trinajstić information content (AvgIpc) is 3.15. The van der Waals surface area contributed by atoms with E-state index in [0.29, 0.717) is 17.7 Å². The number of anilines is 1. The number of hydrogen-bond acceptors (Lipinski definition) is 2. The van der Waals surface area contributed by atoms with Gasteiger partial charge in [-0.1, -0.05) is 48.5 Å². The van der Waals surface area contributed by atoms with Gasteiger partial charge in [-0.3, -0.25) is 9.79 Å². The fourth-order valence-electron chi connectivity index (χ4n) is 4.10. The molecule has 5 heteroatoms. The maximum Gasteiger partial charge on any atom is 0.251 e. The zero-order valence-electron chi connectivity index (χ0n) is 16.5. The number of hydrogen-bond donors (Lipinski definition) is 1. The van der Waals surface area contributed by atoms with Crippen LogP contribution in [0.3, 0.4) is 0 Å². The standard InChI is InChI=1S/C25H20FN3O/c1-29-23-13-7-4-10-19(23)24(18-9-2-5-11-20(18)26)28-22(25(29)30)14-16-15-27-21-12-6-3-8-17(16)21/h2-13,15,22,27H,14H2,1H3. The first-order valence-electron chi connectivity index (χ1n) is 9.88. The highest BCUT2D eigenvalue weighted by atomic mass is 19.1. The van der Waals surface area contributed by atoms with Crippen LogP contribution in [-0.4, -0.2) is 29.7 Å². The molecule has 0 spiro atoms. The number of H-pyrrole nitrogens is 1. The predicted molar refractivity (Wildman–Crippen MR) is 118 cm³/mol. The van der Waals surface area contributed by atoms with Gasteiger partial charge in [0.15, 0.2) is 0 Å². The number of carbonyl (C=O) groups is 1. The molecule has 1 aliphatic heterocycles. The van der Waals surface area contributed by atoms with Crippen molar-refractivity contribution in [3.63, 3.8) is 0 Å². The molecule has 0 bridgehead atoms. The summed E-state index contributed by atoms with van der Waals surface area (Å²) in [5.41, 5.74) is 4.41. The highest BCUT2D eigenvalue weighted by Crippen LogP contribution is 2.30. The van der Waals surface area contributed by atoms with E-state index in [2.05, 4.69) is 4.98 Å². The predicted octanol–water partition coefficient (Wildman–Crippen LogP) is 4.73. The van der Waals surface area contributed by atoms with Crippen LogP contribution in [0.5, 0.6) is 0 Å². The maximum atomic E-state index is 14.7. The number of aromatic nitrogens is 1. The number of fused-ring (bicyclic) bond motifs is 2. The minimum atomic E-state index is -0.656. The normalized spacial score (nSPS) is 16.3. The lowest BCUT2D eigenvalue weighted by Crippen LogP contribution is -2.35. The molecule has 1 amide bonds. The van der Waals surface area contributed by atoms with Gasteiger partial charge in [-0.05, 0) is 29.8 Å². The van der Waals surface area contributed by atoms with E-state index in [0.717, 1.165) is 27.7 Å². The highest BCUT2D eigenvalue weighted by Gasteiger charge is 2.31. The van der Waals surface area contributed by atoms with Crippen LogP contribution in [0, 0.1) is 5.82 Å². The lowest BCUT2D eigenvalue weighted by atomic mass is 9.99. The minimum absolute atomic E-state index is 0.112. The second-order valence-corrected chi connectivity index (χ2v) is 7.45. The number of rotatable bonds is 3. The molecule has 0 saturated carbocycles. The fourth-order valence-corrected chi connectivity index (χ4v) is 4.10. The van der Waals surface area contributed by atoms with Crippen LogP contribution in [0.2, 0.25) is 0 Å².